The zero-order valence-corrected chi connectivity index (χ0v) is 21.3. The van der Waals surface area contributed by atoms with Crippen LogP contribution >= 0.6 is 46.9 Å². The number of halogens is 1. The van der Waals surface area contributed by atoms with Crippen molar-refractivity contribution in [2.75, 3.05) is 19.0 Å². The lowest BCUT2D eigenvalue weighted by Crippen LogP contribution is -2.31. The number of thiazole rings is 1. The van der Waals surface area contributed by atoms with E-state index >= 15 is 0 Å². The van der Waals surface area contributed by atoms with Crippen LogP contribution in [0.2, 0.25) is 5.02 Å². The zero-order chi connectivity index (χ0) is 24.1. The molecule has 6 nitrogen and oxygen atoms in total. The van der Waals surface area contributed by atoms with Gasteiger partial charge in [-0.3, -0.25) is 14.5 Å². The summed E-state index contributed by atoms with van der Waals surface area (Å²) in [6, 6.07) is 15.1. The normalized spacial score (nSPS) is 14.6. The highest BCUT2D eigenvalue weighted by Gasteiger charge is 2.32. The van der Waals surface area contributed by atoms with E-state index in [9.17, 15) is 9.59 Å². The first-order valence-electron chi connectivity index (χ1n) is 10.3. The number of aromatic nitrogens is 1. The second-order valence-corrected chi connectivity index (χ2v) is 10.5. The summed E-state index contributed by atoms with van der Waals surface area (Å²) >= 11 is 14.2. The van der Waals surface area contributed by atoms with Crippen molar-refractivity contribution in [1.29, 1.82) is 0 Å². The Morgan fingerprint density at radius 3 is 2.74 bits per heavy atom. The number of methoxy groups -OCH3 is 1. The molecule has 2 heterocycles. The minimum Gasteiger partial charge on any atom is -0.497 e. The van der Waals surface area contributed by atoms with E-state index in [1.165, 1.54) is 28.0 Å². The van der Waals surface area contributed by atoms with Crippen LogP contribution in [0.15, 0.2) is 59.6 Å². The summed E-state index contributed by atoms with van der Waals surface area (Å²) < 4.78 is 5.60. The van der Waals surface area contributed by atoms with Crippen LogP contribution in [0.5, 0.6) is 5.75 Å². The molecule has 0 bridgehead atoms. The Kier molecular flexibility index (Phi) is 7.99. The highest BCUT2D eigenvalue weighted by molar-refractivity contribution is 8.26. The van der Waals surface area contributed by atoms with Crippen LogP contribution in [0, 0.1) is 0 Å². The molecule has 2 amide bonds. The summed E-state index contributed by atoms with van der Waals surface area (Å²) in [5, 5.41) is 3.89. The highest BCUT2D eigenvalue weighted by atomic mass is 35.5. The minimum absolute atomic E-state index is 0.110. The predicted molar refractivity (Wildman–Crippen MR) is 142 cm³/mol. The maximum Gasteiger partial charge on any atom is 0.266 e. The van der Waals surface area contributed by atoms with Gasteiger partial charge in [-0.1, -0.05) is 65.9 Å². The van der Waals surface area contributed by atoms with Gasteiger partial charge in [-0.05, 0) is 35.4 Å². The highest BCUT2D eigenvalue weighted by Crippen LogP contribution is 2.34. The summed E-state index contributed by atoms with van der Waals surface area (Å²) in [6.07, 6.45) is 4.30. The molecule has 1 aliphatic rings. The van der Waals surface area contributed by atoms with E-state index in [1.54, 1.807) is 25.4 Å². The lowest BCUT2D eigenvalue weighted by molar-refractivity contribution is -0.122. The number of thioether (sulfide) groups is 1. The summed E-state index contributed by atoms with van der Waals surface area (Å²) in [6.45, 7) is 0.195. The quantitative estimate of drug-likeness (QED) is 0.301. The van der Waals surface area contributed by atoms with E-state index in [0.29, 0.717) is 25.8 Å². The molecule has 0 aliphatic carbocycles. The first-order valence-corrected chi connectivity index (χ1v) is 12.7. The fourth-order valence-corrected chi connectivity index (χ4v) is 5.57. The second-order valence-electron chi connectivity index (χ2n) is 7.31. The van der Waals surface area contributed by atoms with E-state index in [1.807, 2.05) is 42.5 Å². The second kappa shape index (κ2) is 11.1. The van der Waals surface area contributed by atoms with Crippen molar-refractivity contribution in [3.63, 3.8) is 0 Å². The van der Waals surface area contributed by atoms with Crippen molar-refractivity contribution in [2.45, 2.75) is 12.8 Å². The molecular weight excluding hydrogens is 510 g/mol. The SMILES string of the molecule is COc1ccc(Cc2cnc(NC(=O)CCN3C(=O)C(=Cc4ccccc4Cl)SC3=S)s2)cc1. The molecule has 0 atom stereocenters. The number of rotatable bonds is 8. The first kappa shape index (κ1) is 24.4. The van der Waals surface area contributed by atoms with Crippen molar-refractivity contribution in [3.8, 4) is 5.75 Å². The molecule has 0 radical (unpaired) electrons. The van der Waals surface area contributed by atoms with Gasteiger partial charge in [0.2, 0.25) is 5.91 Å². The lowest BCUT2D eigenvalue weighted by Gasteiger charge is -2.13. The third-order valence-electron chi connectivity index (χ3n) is 4.97. The standard InChI is InChI=1S/C24H20ClN3O3S3/c1-31-17-8-6-15(7-9-17)12-18-14-26-23(33-18)27-21(29)10-11-28-22(30)20(34-24(28)32)13-16-4-2-3-5-19(16)25/h2-9,13-14H,10-12H2,1H3,(H,26,27,29). The fraction of sp³-hybridized carbons (Fsp3) is 0.167. The Balaban J connectivity index is 1.30. The number of nitrogens with one attached hydrogen (secondary N) is 1. The van der Waals surface area contributed by atoms with Gasteiger partial charge in [-0.25, -0.2) is 4.98 Å². The largest absolute Gasteiger partial charge is 0.497 e. The average molecular weight is 530 g/mol. The molecule has 0 saturated carbocycles. The van der Waals surface area contributed by atoms with Crippen LogP contribution in [0.3, 0.4) is 0 Å². The van der Waals surface area contributed by atoms with E-state index in [4.69, 9.17) is 28.6 Å². The average Bonchev–Trinajstić information content (AvgIpc) is 3.37. The fourth-order valence-electron chi connectivity index (χ4n) is 3.21. The van der Waals surface area contributed by atoms with Crippen LogP contribution in [-0.4, -0.2) is 39.7 Å². The van der Waals surface area contributed by atoms with E-state index in [-0.39, 0.29) is 24.8 Å². The molecule has 34 heavy (non-hydrogen) atoms. The molecule has 1 saturated heterocycles. The molecule has 0 unspecified atom stereocenters. The van der Waals surface area contributed by atoms with Gasteiger partial charge in [0, 0.05) is 35.5 Å². The predicted octanol–water partition coefficient (Wildman–Crippen LogP) is 5.63. The Morgan fingerprint density at radius 2 is 2.00 bits per heavy atom. The van der Waals surface area contributed by atoms with Gasteiger partial charge in [0.15, 0.2) is 5.13 Å². The Labute approximate surface area is 216 Å². The van der Waals surface area contributed by atoms with Crippen LogP contribution < -0.4 is 10.1 Å². The molecule has 3 aromatic rings. The van der Waals surface area contributed by atoms with Crippen LogP contribution in [0.4, 0.5) is 5.13 Å². The maximum atomic E-state index is 12.8. The molecule has 0 spiro atoms. The third-order valence-corrected chi connectivity index (χ3v) is 7.60. The van der Waals surface area contributed by atoms with Gasteiger partial charge >= 0.3 is 0 Å². The van der Waals surface area contributed by atoms with Gasteiger partial charge in [-0.15, -0.1) is 11.3 Å². The molecule has 1 N–H and O–H groups in total. The number of ether oxygens (including phenoxy) is 1. The van der Waals surface area contributed by atoms with Gasteiger partial charge < -0.3 is 10.1 Å². The maximum absolute atomic E-state index is 12.8. The van der Waals surface area contributed by atoms with Crippen molar-refractivity contribution in [2.24, 2.45) is 0 Å². The number of benzene rings is 2. The van der Waals surface area contributed by atoms with E-state index in [2.05, 4.69) is 10.3 Å². The number of carbonyl (C=O) groups is 2. The molecule has 174 valence electrons. The van der Waals surface area contributed by atoms with E-state index in [0.717, 1.165) is 21.8 Å². The summed E-state index contributed by atoms with van der Waals surface area (Å²) in [7, 11) is 1.63. The van der Waals surface area contributed by atoms with Crippen LogP contribution in [0.1, 0.15) is 22.4 Å². The number of anilines is 1. The summed E-state index contributed by atoms with van der Waals surface area (Å²) in [5.74, 6) is 0.357. The molecular formula is C24H20ClN3O3S3. The summed E-state index contributed by atoms with van der Waals surface area (Å²) in [4.78, 5) is 32.5. The monoisotopic (exact) mass is 529 g/mol. The smallest absolute Gasteiger partial charge is 0.266 e. The Morgan fingerprint density at radius 1 is 1.24 bits per heavy atom. The number of nitrogens with zero attached hydrogens (tertiary/aromatic N) is 2. The number of thiocarbonyl (C=S) groups is 1. The molecule has 2 aromatic carbocycles. The first-order chi connectivity index (χ1) is 16.4. The van der Waals surface area contributed by atoms with E-state index < -0.39 is 0 Å². The molecule has 1 fully saturated rings. The zero-order valence-electron chi connectivity index (χ0n) is 18.1. The Bertz CT molecular complexity index is 1260. The molecule has 1 aromatic heterocycles. The minimum atomic E-state index is -0.227. The number of hydrogen-bond acceptors (Lipinski definition) is 7. The van der Waals surface area contributed by atoms with Crippen molar-refractivity contribution in [3.05, 3.63) is 80.7 Å². The van der Waals surface area contributed by atoms with Crippen molar-refractivity contribution in [1.82, 2.24) is 9.88 Å². The molecule has 1 aliphatic heterocycles. The number of hydrogen-bond donors (Lipinski definition) is 1. The topological polar surface area (TPSA) is 71.5 Å². The van der Waals surface area contributed by atoms with Crippen LogP contribution in [0.25, 0.3) is 6.08 Å². The van der Waals surface area contributed by atoms with Crippen molar-refractivity contribution >= 4 is 74.3 Å². The van der Waals surface area contributed by atoms with Crippen molar-refractivity contribution < 1.29 is 14.3 Å². The van der Waals surface area contributed by atoms with Gasteiger partial charge in [0.05, 0.1) is 12.0 Å². The van der Waals surface area contributed by atoms with Crippen LogP contribution in [-0.2, 0) is 16.0 Å². The van der Waals surface area contributed by atoms with Gasteiger partial charge in [-0.2, -0.15) is 0 Å². The third kappa shape index (κ3) is 6.04. The Hall–Kier alpha value is -2.72. The number of carbonyl (C=O) groups excluding carboxylic acids is 2. The number of amides is 2. The molecule has 4 rings (SSSR count). The molecule has 10 heteroatoms. The van der Waals surface area contributed by atoms with Gasteiger partial charge in [0.25, 0.3) is 5.91 Å². The lowest BCUT2D eigenvalue weighted by atomic mass is 10.1. The van der Waals surface area contributed by atoms with Gasteiger partial charge in [0.1, 0.15) is 10.1 Å². The summed E-state index contributed by atoms with van der Waals surface area (Å²) in [5.41, 5.74) is 1.87.